The lowest BCUT2D eigenvalue weighted by molar-refractivity contribution is -0.112. The normalized spacial score (nSPS) is 25.0. The molecule has 2 aromatic rings. The predicted octanol–water partition coefficient (Wildman–Crippen LogP) is 4.89. The summed E-state index contributed by atoms with van der Waals surface area (Å²) in [6.45, 7) is 2.78. The third kappa shape index (κ3) is 4.35. The highest BCUT2D eigenvalue weighted by Crippen LogP contribution is 2.33. The van der Waals surface area contributed by atoms with Crippen molar-refractivity contribution in [2.24, 2.45) is 0 Å². The molecule has 0 bridgehead atoms. The highest BCUT2D eigenvalue weighted by molar-refractivity contribution is 7.99. The van der Waals surface area contributed by atoms with Crippen molar-refractivity contribution < 1.29 is 9.47 Å². The summed E-state index contributed by atoms with van der Waals surface area (Å²) in [6, 6.07) is 20.8. The molecule has 3 atom stereocenters. The number of ether oxygens (including phenoxy) is 2. The summed E-state index contributed by atoms with van der Waals surface area (Å²) in [4.78, 5) is 1.27. The quantitative estimate of drug-likeness (QED) is 0.783. The molecule has 0 spiro atoms. The van der Waals surface area contributed by atoms with Crippen LogP contribution in [0.2, 0.25) is 0 Å². The largest absolute Gasteiger partial charge is 0.371 e. The Bertz CT molecular complexity index is 558. The number of thioether (sulfide) groups is 1. The number of rotatable bonds is 5. The molecule has 0 saturated carbocycles. The molecule has 3 rings (SSSR count). The average molecular weight is 314 g/mol. The molecule has 0 amide bonds. The number of hydrogen-bond donors (Lipinski definition) is 0. The van der Waals surface area contributed by atoms with Crippen molar-refractivity contribution in [1.82, 2.24) is 0 Å². The van der Waals surface area contributed by atoms with Crippen LogP contribution in [0.4, 0.5) is 0 Å². The zero-order valence-electron chi connectivity index (χ0n) is 12.9. The summed E-state index contributed by atoms with van der Waals surface area (Å²) in [6.07, 6.45) is 2.41. The first-order valence-corrected chi connectivity index (χ1v) is 8.72. The summed E-state index contributed by atoms with van der Waals surface area (Å²) < 4.78 is 12.2. The van der Waals surface area contributed by atoms with Crippen molar-refractivity contribution in [2.75, 3.05) is 0 Å². The first-order valence-electron chi connectivity index (χ1n) is 7.84. The Balaban J connectivity index is 1.48. The number of hydrogen-bond acceptors (Lipinski definition) is 3. The SMILES string of the molecule is C[C@@H]1OC(Sc2ccccc2)CC[C@@H]1OCc1ccccc1. The molecule has 0 aromatic heterocycles. The van der Waals surface area contributed by atoms with Crippen LogP contribution < -0.4 is 0 Å². The average Bonchev–Trinajstić information content (AvgIpc) is 2.56. The van der Waals surface area contributed by atoms with Gasteiger partial charge in [0.25, 0.3) is 0 Å². The smallest absolute Gasteiger partial charge is 0.108 e. The van der Waals surface area contributed by atoms with E-state index in [4.69, 9.17) is 9.47 Å². The second kappa shape index (κ2) is 7.82. The summed E-state index contributed by atoms with van der Waals surface area (Å²) in [5.74, 6) is 0. The maximum absolute atomic E-state index is 6.13. The maximum Gasteiger partial charge on any atom is 0.108 e. The van der Waals surface area contributed by atoms with E-state index < -0.39 is 0 Å². The molecule has 1 heterocycles. The Morgan fingerprint density at radius 3 is 2.36 bits per heavy atom. The van der Waals surface area contributed by atoms with E-state index in [9.17, 15) is 0 Å². The third-order valence-electron chi connectivity index (χ3n) is 3.89. The van der Waals surface area contributed by atoms with Gasteiger partial charge in [-0.15, -0.1) is 0 Å². The molecule has 1 saturated heterocycles. The molecule has 116 valence electrons. The standard InChI is InChI=1S/C19H22O2S/c1-15-18(20-14-16-8-4-2-5-9-16)12-13-19(21-15)22-17-10-6-3-7-11-17/h2-11,15,18-19H,12-14H2,1H3/t15-,18-,19?/m0/s1. The molecular formula is C19H22O2S. The van der Waals surface area contributed by atoms with Gasteiger partial charge >= 0.3 is 0 Å². The van der Waals surface area contributed by atoms with Crippen molar-refractivity contribution in [1.29, 1.82) is 0 Å². The fourth-order valence-electron chi connectivity index (χ4n) is 2.66. The van der Waals surface area contributed by atoms with E-state index in [-0.39, 0.29) is 17.6 Å². The maximum atomic E-state index is 6.13. The zero-order valence-corrected chi connectivity index (χ0v) is 13.7. The molecular weight excluding hydrogens is 292 g/mol. The van der Waals surface area contributed by atoms with Gasteiger partial charge in [0.2, 0.25) is 0 Å². The van der Waals surface area contributed by atoms with Gasteiger partial charge in [-0.1, -0.05) is 60.3 Å². The van der Waals surface area contributed by atoms with Crippen LogP contribution in [-0.4, -0.2) is 17.6 Å². The fourth-order valence-corrected chi connectivity index (χ4v) is 3.77. The van der Waals surface area contributed by atoms with E-state index in [2.05, 4.69) is 43.3 Å². The predicted molar refractivity (Wildman–Crippen MR) is 90.9 cm³/mol. The molecule has 1 fully saturated rings. The minimum absolute atomic E-state index is 0.138. The van der Waals surface area contributed by atoms with E-state index in [1.165, 1.54) is 10.5 Å². The van der Waals surface area contributed by atoms with E-state index >= 15 is 0 Å². The summed E-state index contributed by atoms with van der Waals surface area (Å²) in [7, 11) is 0. The lowest BCUT2D eigenvalue weighted by Gasteiger charge is -2.34. The van der Waals surface area contributed by atoms with Gasteiger partial charge in [0, 0.05) is 4.90 Å². The highest BCUT2D eigenvalue weighted by Gasteiger charge is 2.29. The van der Waals surface area contributed by atoms with E-state index in [0.29, 0.717) is 6.61 Å². The van der Waals surface area contributed by atoms with Crippen LogP contribution in [0.1, 0.15) is 25.3 Å². The van der Waals surface area contributed by atoms with Crippen LogP contribution >= 0.6 is 11.8 Å². The molecule has 1 aliphatic heterocycles. The van der Waals surface area contributed by atoms with Crippen molar-refractivity contribution >= 4 is 11.8 Å². The van der Waals surface area contributed by atoms with Crippen LogP contribution in [0.15, 0.2) is 65.6 Å². The Kier molecular flexibility index (Phi) is 5.54. The fraction of sp³-hybridized carbons (Fsp3) is 0.368. The van der Waals surface area contributed by atoms with E-state index in [1.807, 2.05) is 36.0 Å². The van der Waals surface area contributed by atoms with Crippen molar-refractivity contribution in [3.63, 3.8) is 0 Å². The van der Waals surface area contributed by atoms with Gasteiger partial charge in [-0.05, 0) is 37.5 Å². The van der Waals surface area contributed by atoms with Crippen LogP contribution in [0, 0.1) is 0 Å². The van der Waals surface area contributed by atoms with Gasteiger partial charge in [0.15, 0.2) is 0 Å². The minimum atomic E-state index is 0.138. The highest BCUT2D eigenvalue weighted by atomic mass is 32.2. The Hall–Kier alpha value is -1.29. The summed E-state index contributed by atoms with van der Waals surface area (Å²) >= 11 is 1.81. The van der Waals surface area contributed by atoms with Crippen molar-refractivity contribution in [3.05, 3.63) is 66.2 Å². The first-order chi connectivity index (χ1) is 10.8. The second-order valence-electron chi connectivity index (χ2n) is 5.61. The molecule has 1 unspecified atom stereocenters. The summed E-state index contributed by atoms with van der Waals surface area (Å²) in [5, 5.41) is 0. The molecule has 1 aliphatic rings. The molecule has 0 radical (unpaired) electrons. The topological polar surface area (TPSA) is 18.5 Å². The van der Waals surface area contributed by atoms with Crippen LogP contribution in [0.5, 0.6) is 0 Å². The molecule has 3 heteroatoms. The van der Waals surface area contributed by atoms with Crippen molar-refractivity contribution in [3.8, 4) is 0 Å². The molecule has 2 nitrogen and oxygen atoms in total. The van der Waals surface area contributed by atoms with Gasteiger partial charge < -0.3 is 9.47 Å². The molecule has 0 N–H and O–H groups in total. The van der Waals surface area contributed by atoms with E-state index in [0.717, 1.165) is 12.8 Å². The number of benzene rings is 2. The zero-order chi connectivity index (χ0) is 15.2. The molecule has 22 heavy (non-hydrogen) atoms. The van der Waals surface area contributed by atoms with Crippen molar-refractivity contribution in [2.45, 2.75) is 48.9 Å². The Morgan fingerprint density at radius 1 is 1.00 bits per heavy atom. The van der Waals surface area contributed by atoms with Gasteiger partial charge in [0.05, 0.1) is 18.8 Å². The lowest BCUT2D eigenvalue weighted by atomic mass is 10.1. The lowest BCUT2D eigenvalue weighted by Crippen LogP contribution is -2.37. The van der Waals surface area contributed by atoms with Gasteiger partial charge in [0.1, 0.15) is 5.44 Å². The molecule has 2 aromatic carbocycles. The minimum Gasteiger partial charge on any atom is -0.371 e. The van der Waals surface area contributed by atoms with Crippen LogP contribution in [-0.2, 0) is 16.1 Å². The second-order valence-corrected chi connectivity index (χ2v) is 6.85. The summed E-state index contributed by atoms with van der Waals surface area (Å²) in [5.41, 5.74) is 1.45. The molecule has 0 aliphatic carbocycles. The Morgan fingerprint density at radius 2 is 1.68 bits per heavy atom. The van der Waals surface area contributed by atoms with Gasteiger partial charge in [-0.25, -0.2) is 0 Å². The van der Waals surface area contributed by atoms with Crippen LogP contribution in [0.3, 0.4) is 0 Å². The van der Waals surface area contributed by atoms with E-state index in [1.54, 1.807) is 0 Å². The van der Waals surface area contributed by atoms with Gasteiger partial charge in [-0.3, -0.25) is 0 Å². The Labute approximate surface area is 136 Å². The first kappa shape index (κ1) is 15.6. The van der Waals surface area contributed by atoms with Crippen LogP contribution in [0.25, 0.3) is 0 Å². The van der Waals surface area contributed by atoms with Gasteiger partial charge in [-0.2, -0.15) is 0 Å². The third-order valence-corrected chi connectivity index (χ3v) is 5.05. The monoisotopic (exact) mass is 314 g/mol.